The van der Waals surface area contributed by atoms with Crippen LogP contribution < -0.4 is 14.4 Å². The maximum Gasteiger partial charge on any atom is 0.266 e. The lowest BCUT2D eigenvalue weighted by Gasteiger charge is -2.28. The highest BCUT2D eigenvalue weighted by Gasteiger charge is 2.30. The summed E-state index contributed by atoms with van der Waals surface area (Å²) in [6.45, 7) is 6.07. The van der Waals surface area contributed by atoms with Crippen molar-refractivity contribution in [3.63, 3.8) is 0 Å². The lowest BCUT2D eigenvalue weighted by atomic mass is 10.1. The fourth-order valence-electron chi connectivity index (χ4n) is 4.28. The second kappa shape index (κ2) is 13.3. The first-order valence-electron chi connectivity index (χ1n) is 12.9. The zero-order chi connectivity index (χ0) is 28.1. The molecule has 0 unspecified atom stereocenters. The highest BCUT2D eigenvalue weighted by molar-refractivity contribution is 14.1. The lowest BCUT2D eigenvalue weighted by molar-refractivity contribution is -0.121. The van der Waals surface area contributed by atoms with Crippen LogP contribution in [0, 0.1) is 3.57 Å². The van der Waals surface area contributed by atoms with E-state index in [2.05, 4.69) is 39.6 Å². The number of halogens is 2. The number of rotatable bonds is 8. The van der Waals surface area contributed by atoms with Crippen molar-refractivity contribution in [3.8, 4) is 11.5 Å². The number of carbonyl (C=O) groups excluding carboxylic acids is 1. The molecule has 0 spiro atoms. The molecule has 2 aliphatic rings. The van der Waals surface area contributed by atoms with Crippen LogP contribution in [-0.4, -0.2) is 55.9 Å². The van der Waals surface area contributed by atoms with E-state index in [0.717, 1.165) is 52.4 Å². The molecule has 2 fully saturated rings. The molecule has 10 heteroatoms. The fraction of sp³-hybridized carbons (Fsp3) is 0.267. The van der Waals surface area contributed by atoms with Gasteiger partial charge in [0.05, 0.1) is 34.0 Å². The third-order valence-electron chi connectivity index (χ3n) is 6.38. The molecule has 2 heterocycles. The number of amidine groups is 1. The summed E-state index contributed by atoms with van der Waals surface area (Å²) < 4.78 is 18.4. The molecule has 2 saturated heterocycles. The average Bonchev–Trinajstić information content (AvgIpc) is 3.22. The minimum absolute atomic E-state index is 0.0929. The number of hydrogen-bond donors (Lipinski definition) is 0. The van der Waals surface area contributed by atoms with E-state index in [1.54, 1.807) is 11.9 Å². The molecule has 0 radical (unpaired) electrons. The van der Waals surface area contributed by atoms with Crippen molar-refractivity contribution in [2.75, 3.05) is 44.9 Å². The third kappa shape index (κ3) is 6.94. The van der Waals surface area contributed by atoms with Crippen LogP contribution in [0.15, 0.2) is 70.6 Å². The number of nitrogens with zero attached hydrogens (tertiary/aromatic N) is 3. The fourth-order valence-corrected chi connectivity index (χ4v) is 6.18. The molecule has 5 rings (SSSR count). The largest absolute Gasteiger partial charge is 0.490 e. The first-order valence-corrected chi connectivity index (χ1v) is 15.2. The summed E-state index contributed by atoms with van der Waals surface area (Å²) in [5.74, 6) is 1.21. The van der Waals surface area contributed by atoms with Crippen LogP contribution in [0.5, 0.6) is 11.5 Å². The number of benzene rings is 3. The van der Waals surface area contributed by atoms with Crippen LogP contribution >= 0.6 is 46.0 Å². The minimum Gasteiger partial charge on any atom is -0.490 e. The summed E-state index contributed by atoms with van der Waals surface area (Å²) in [5, 5.41) is 1.32. The van der Waals surface area contributed by atoms with Crippen molar-refractivity contribution in [3.05, 3.63) is 85.3 Å². The molecule has 2 aliphatic heterocycles. The van der Waals surface area contributed by atoms with Crippen molar-refractivity contribution in [2.24, 2.45) is 4.99 Å². The molecule has 7 nitrogen and oxygen atoms in total. The molecule has 1 amide bonds. The van der Waals surface area contributed by atoms with E-state index in [0.29, 0.717) is 39.8 Å². The summed E-state index contributed by atoms with van der Waals surface area (Å²) in [4.78, 5) is 22.3. The molecule has 40 heavy (non-hydrogen) atoms. The predicted octanol–water partition coefficient (Wildman–Crippen LogP) is 6.99. The van der Waals surface area contributed by atoms with Crippen LogP contribution in [-0.2, 0) is 16.1 Å². The van der Waals surface area contributed by atoms with Crippen molar-refractivity contribution >= 4 is 74.5 Å². The Morgan fingerprint density at radius 2 is 1.80 bits per heavy atom. The van der Waals surface area contributed by atoms with Gasteiger partial charge in [0.1, 0.15) is 6.61 Å². The Balaban J connectivity index is 1.33. The quantitative estimate of drug-likeness (QED) is 0.188. The lowest BCUT2D eigenvalue weighted by Crippen LogP contribution is -2.36. The number of ether oxygens (including phenoxy) is 3. The van der Waals surface area contributed by atoms with E-state index in [4.69, 9.17) is 30.8 Å². The van der Waals surface area contributed by atoms with Gasteiger partial charge in [-0.1, -0.05) is 23.7 Å². The highest BCUT2D eigenvalue weighted by Crippen LogP contribution is 2.38. The average molecular weight is 690 g/mol. The summed E-state index contributed by atoms with van der Waals surface area (Å²) in [6.07, 6.45) is 1.88. The Hall–Kier alpha value is -2.73. The second-order valence-electron chi connectivity index (χ2n) is 9.16. The van der Waals surface area contributed by atoms with Gasteiger partial charge >= 0.3 is 0 Å². The summed E-state index contributed by atoms with van der Waals surface area (Å²) >= 11 is 9.60. The maximum absolute atomic E-state index is 13.1. The molecule has 3 aromatic rings. The third-order valence-corrected chi connectivity index (χ3v) is 8.49. The number of hydrogen-bond acceptors (Lipinski definition) is 7. The number of amides is 1. The van der Waals surface area contributed by atoms with E-state index >= 15 is 0 Å². The van der Waals surface area contributed by atoms with Gasteiger partial charge in [-0.15, -0.1) is 0 Å². The topological polar surface area (TPSA) is 63.6 Å². The van der Waals surface area contributed by atoms with Crippen molar-refractivity contribution in [1.82, 2.24) is 4.90 Å². The first-order chi connectivity index (χ1) is 19.4. The molecule has 0 aromatic heterocycles. The minimum atomic E-state index is -0.0929. The number of thioether (sulfide) groups is 1. The van der Waals surface area contributed by atoms with Crippen LogP contribution in [0.2, 0.25) is 5.02 Å². The zero-order valence-corrected chi connectivity index (χ0v) is 26.0. The van der Waals surface area contributed by atoms with Gasteiger partial charge in [0.25, 0.3) is 5.91 Å². The number of morpholine rings is 1. The van der Waals surface area contributed by atoms with Gasteiger partial charge in [0.2, 0.25) is 0 Å². The number of aliphatic imine (C=N–C) groups is 1. The Bertz CT molecular complexity index is 1420. The maximum atomic E-state index is 13.1. The molecule has 0 aliphatic carbocycles. The second-order valence-corrected chi connectivity index (χ2v) is 11.8. The van der Waals surface area contributed by atoms with Gasteiger partial charge in [-0.25, -0.2) is 4.99 Å². The van der Waals surface area contributed by atoms with Crippen molar-refractivity contribution in [2.45, 2.75) is 13.5 Å². The number of likely N-dealkylation sites (N-methyl/N-ethyl adjacent to an activating group) is 1. The Labute approximate surface area is 257 Å². The van der Waals surface area contributed by atoms with Gasteiger partial charge < -0.3 is 19.1 Å². The van der Waals surface area contributed by atoms with Gasteiger partial charge in [-0.05, 0) is 107 Å². The van der Waals surface area contributed by atoms with Crippen molar-refractivity contribution < 1.29 is 19.0 Å². The Morgan fingerprint density at radius 3 is 2.50 bits per heavy atom. The van der Waals surface area contributed by atoms with E-state index in [1.807, 2.05) is 61.5 Å². The summed E-state index contributed by atoms with van der Waals surface area (Å²) in [6, 6.07) is 19.5. The molecule has 0 atom stereocenters. The van der Waals surface area contributed by atoms with Crippen LogP contribution in [0.4, 0.5) is 11.4 Å². The smallest absolute Gasteiger partial charge is 0.266 e. The molecule has 0 saturated carbocycles. The molecular weight excluding hydrogens is 661 g/mol. The van der Waals surface area contributed by atoms with Crippen LogP contribution in [0.3, 0.4) is 0 Å². The molecule has 0 N–H and O–H groups in total. The highest BCUT2D eigenvalue weighted by atomic mass is 127. The van der Waals surface area contributed by atoms with E-state index in [-0.39, 0.29) is 5.91 Å². The standard InChI is InChI=1S/C30H29ClIN3O4S/c1-3-38-26-17-21(16-25(32)28(26)39-19-20-4-6-22(31)7-5-20)18-27-29(36)34(2)30(40-27)33-23-8-10-24(11-9-23)35-12-14-37-15-13-35/h4-11,16-18H,3,12-15,19H2,1-2H3/b27-18-,33-30?. The van der Waals surface area contributed by atoms with E-state index < -0.39 is 0 Å². The SMILES string of the molecule is CCOc1cc(/C=C2\SC(=Nc3ccc(N4CCOCC4)cc3)N(C)C2=O)cc(I)c1OCc1ccc(Cl)cc1. The zero-order valence-electron chi connectivity index (χ0n) is 22.2. The Kier molecular flexibility index (Phi) is 9.56. The first kappa shape index (κ1) is 28.8. The molecule has 0 bridgehead atoms. The number of carbonyl (C=O) groups is 1. The Morgan fingerprint density at radius 1 is 1.07 bits per heavy atom. The molecule has 3 aromatic carbocycles. The van der Waals surface area contributed by atoms with Gasteiger partial charge in [-0.3, -0.25) is 9.69 Å². The van der Waals surface area contributed by atoms with Crippen molar-refractivity contribution in [1.29, 1.82) is 0 Å². The normalized spacial score (nSPS) is 17.6. The summed E-state index contributed by atoms with van der Waals surface area (Å²) in [5.41, 5.74) is 3.81. The van der Waals surface area contributed by atoms with Gasteiger partial charge in [-0.2, -0.15) is 0 Å². The van der Waals surface area contributed by atoms with Gasteiger partial charge in [0.15, 0.2) is 16.7 Å². The van der Waals surface area contributed by atoms with Crippen LogP contribution in [0.1, 0.15) is 18.1 Å². The predicted molar refractivity (Wildman–Crippen MR) is 171 cm³/mol. The number of anilines is 1. The summed E-state index contributed by atoms with van der Waals surface area (Å²) in [7, 11) is 1.75. The molecule has 208 valence electrons. The van der Waals surface area contributed by atoms with Gasteiger partial charge in [0, 0.05) is 30.8 Å². The monoisotopic (exact) mass is 689 g/mol. The molecular formula is C30H29ClIN3O4S. The van der Waals surface area contributed by atoms with E-state index in [9.17, 15) is 4.79 Å². The van der Waals surface area contributed by atoms with E-state index in [1.165, 1.54) is 11.8 Å². The van der Waals surface area contributed by atoms with Crippen LogP contribution in [0.25, 0.3) is 6.08 Å².